The monoisotopic (exact) mass is 409 g/mol. The topological polar surface area (TPSA) is 132 Å². The number of hydrogen-bond donors (Lipinski definition) is 2. The summed E-state index contributed by atoms with van der Waals surface area (Å²) in [7, 11) is 1.57. The lowest BCUT2D eigenvalue weighted by molar-refractivity contribution is -0.385. The molecule has 0 aliphatic rings. The molecule has 1 heterocycles. The zero-order chi connectivity index (χ0) is 21.5. The van der Waals surface area contributed by atoms with Crippen LogP contribution in [0.2, 0.25) is 0 Å². The Morgan fingerprint density at radius 2 is 2.00 bits per heavy atom. The molecule has 3 rings (SSSR count). The highest BCUT2D eigenvalue weighted by Gasteiger charge is 2.15. The highest BCUT2D eigenvalue weighted by Crippen LogP contribution is 2.27. The molecule has 0 saturated carbocycles. The van der Waals surface area contributed by atoms with Gasteiger partial charge in [-0.3, -0.25) is 19.9 Å². The summed E-state index contributed by atoms with van der Waals surface area (Å²) in [6, 6.07) is 13.0. The van der Waals surface area contributed by atoms with E-state index in [0.29, 0.717) is 23.6 Å². The second kappa shape index (κ2) is 9.32. The van der Waals surface area contributed by atoms with E-state index in [2.05, 4.69) is 20.5 Å². The van der Waals surface area contributed by atoms with Crippen LogP contribution in [0.15, 0.2) is 58.4 Å². The van der Waals surface area contributed by atoms with Gasteiger partial charge in [-0.2, -0.15) is 5.10 Å². The van der Waals surface area contributed by atoms with Crippen molar-refractivity contribution >= 4 is 17.9 Å². The Labute approximate surface area is 171 Å². The van der Waals surface area contributed by atoms with Crippen LogP contribution >= 0.6 is 0 Å². The number of benzene rings is 2. The first-order valence-corrected chi connectivity index (χ1v) is 8.96. The lowest BCUT2D eigenvalue weighted by Crippen LogP contribution is -2.10. The third-order valence-electron chi connectivity index (χ3n) is 3.99. The Morgan fingerprint density at radius 1 is 1.23 bits per heavy atom. The number of nitrogens with zero attached hydrogens (tertiary/aromatic N) is 3. The summed E-state index contributed by atoms with van der Waals surface area (Å²) in [5.74, 6) is 1.01. The van der Waals surface area contributed by atoms with Crippen molar-refractivity contribution in [1.29, 1.82) is 0 Å². The summed E-state index contributed by atoms with van der Waals surface area (Å²) >= 11 is 0. The highest BCUT2D eigenvalue weighted by molar-refractivity contribution is 5.82. The third kappa shape index (κ3) is 4.98. The SMILES string of the molecule is CCOc1ccc(/C=N\Nc2nc(-c3ccc(OC)cc3)cc(=O)[nH]2)cc1[N+](=O)[O-]. The van der Waals surface area contributed by atoms with Crippen LogP contribution in [0.3, 0.4) is 0 Å². The van der Waals surface area contributed by atoms with E-state index in [1.54, 1.807) is 44.4 Å². The van der Waals surface area contributed by atoms with Crippen molar-refractivity contribution in [2.24, 2.45) is 5.10 Å². The lowest BCUT2D eigenvalue weighted by Gasteiger charge is -2.05. The van der Waals surface area contributed by atoms with Gasteiger partial charge >= 0.3 is 5.69 Å². The van der Waals surface area contributed by atoms with E-state index in [1.165, 1.54) is 24.4 Å². The number of rotatable bonds is 8. The number of nitro groups is 1. The molecule has 1 aromatic heterocycles. The van der Waals surface area contributed by atoms with Crippen LogP contribution in [0.25, 0.3) is 11.3 Å². The number of hydrogen-bond acceptors (Lipinski definition) is 8. The van der Waals surface area contributed by atoms with Gasteiger partial charge in [0.15, 0.2) is 5.75 Å². The molecule has 0 aliphatic carbocycles. The van der Waals surface area contributed by atoms with E-state index in [9.17, 15) is 14.9 Å². The van der Waals surface area contributed by atoms with E-state index in [4.69, 9.17) is 9.47 Å². The number of aromatic amines is 1. The first-order valence-electron chi connectivity index (χ1n) is 8.96. The average molecular weight is 409 g/mol. The van der Waals surface area contributed by atoms with Crippen LogP contribution in [-0.4, -0.2) is 34.8 Å². The van der Waals surface area contributed by atoms with Gasteiger partial charge in [-0.25, -0.2) is 10.4 Å². The third-order valence-corrected chi connectivity index (χ3v) is 3.99. The largest absolute Gasteiger partial charge is 0.497 e. The fourth-order valence-electron chi connectivity index (χ4n) is 2.62. The van der Waals surface area contributed by atoms with Crippen LogP contribution in [0.4, 0.5) is 11.6 Å². The van der Waals surface area contributed by atoms with Gasteiger partial charge in [0.2, 0.25) is 5.95 Å². The predicted molar refractivity (Wildman–Crippen MR) is 112 cm³/mol. The smallest absolute Gasteiger partial charge is 0.311 e. The van der Waals surface area contributed by atoms with Crippen LogP contribution in [-0.2, 0) is 0 Å². The van der Waals surface area contributed by atoms with Crippen LogP contribution < -0.4 is 20.5 Å². The van der Waals surface area contributed by atoms with Crippen LogP contribution in [0, 0.1) is 10.1 Å². The Kier molecular flexibility index (Phi) is 6.38. The molecule has 0 fully saturated rings. The maximum Gasteiger partial charge on any atom is 0.311 e. The Morgan fingerprint density at radius 3 is 2.67 bits per heavy atom. The number of nitrogens with one attached hydrogen (secondary N) is 2. The zero-order valence-electron chi connectivity index (χ0n) is 16.3. The predicted octanol–water partition coefficient (Wildman–Crippen LogP) is 3.20. The Hall–Kier alpha value is -4.21. The minimum absolute atomic E-state index is 0.130. The molecule has 0 atom stereocenters. The number of aromatic nitrogens is 2. The van der Waals surface area contributed by atoms with E-state index in [1.807, 2.05) is 0 Å². The molecule has 0 bridgehead atoms. The zero-order valence-corrected chi connectivity index (χ0v) is 16.3. The van der Waals surface area contributed by atoms with E-state index >= 15 is 0 Å². The molecule has 10 nitrogen and oxygen atoms in total. The van der Waals surface area contributed by atoms with Gasteiger partial charge in [-0.05, 0) is 43.3 Å². The maximum atomic E-state index is 12.0. The molecule has 154 valence electrons. The van der Waals surface area contributed by atoms with Crippen molar-refractivity contribution in [3.05, 3.63) is 74.6 Å². The summed E-state index contributed by atoms with van der Waals surface area (Å²) in [6.45, 7) is 2.07. The van der Waals surface area contributed by atoms with Gasteiger partial charge in [-0.15, -0.1) is 0 Å². The molecule has 0 aliphatic heterocycles. The van der Waals surface area contributed by atoms with Gasteiger partial charge < -0.3 is 9.47 Å². The Balaban J connectivity index is 1.79. The number of nitro benzene ring substituents is 1. The van der Waals surface area contributed by atoms with Gasteiger partial charge in [-0.1, -0.05) is 0 Å². The van der Waals surface area contributed by atoms with Gasteiger partial charge in [0.1, 0.15) is 5.75 Å². The normalized spacial score (nSPS) is 10.7. The molecular weight excluding hydrogens is 390 g/mol. The average Bonchev–Trinajstić information content (AvgIpc) is 2.74. The van der Waals surface area contributed by atoms with Crippen molar-refractivity contribution in [3.8, 4) is 22.8 Å². The van der Waals surface area contributed by atoms with E-state index in [0.717, 1.165) is 5.56 Å². The number of methoxy groups -OCH3 is 1. The minimum Gasteiger partial charge on any atom is -0.497 e. The number of anilines is 1. The lowest BCUT2D eigenvalue weighted by atomic mass is 10.1. The second-order valence-corrected chi connectivity index (χ2v) is 6.00. The molecule has 0 amide bonds. The molecule has 2 aromatic carbocycles. The quantitative estimate of drug-likeness (QED) is 0.332. The fourth-order valence-corrected chi connectivity index (χ4v) is 2.62. The number of hydrazone groups is 1. The molecule has 3 aromatic rings. The van der Waals surface area contributed by atoms with E-state index in [-0.39, 0.29) is 22.9 Å². The van der Waals surface area contributed by atoms with Gasteiger partial charge in [0, 0.05) is 23.3 Å². The number of ether oxygens (including phenoxy) is 2. The molecule has 30 heavy (non-hydrogen) atoms. The van der Waals surface area contributed by atoms with Crippen molar-refractivity contribution in [1.82, 2.24) is 9.97 Å². The van der Waals surface area contributed by atoms with Crippen LogP contribution in [0.1, 0.15) is 12.5 Å². The van der Waals surface area contributed by atoms with Gasteiger partial charge in [0.25, 0.3) is 5.56 Å². The second-order valence-electron chi connectivity index (χ2n) is 6.00. The molecule has 0 unspecified atom stereocenters. The standard InChI is InChI=1S/C20H19N5O5/c1-3-30-18-9-4-13(10-17(18)25(27)28)12-21-24-20-22-16(11-19(26)23-20)14-5-7-15(29-2)8-6-14/h4-12H,3H2,1-2H3,(H2,22,23,24,26)/b21-12-. The molecule has 0 saturated heterocycles. The highest BCUT2D eigenvalue weighted by atomic mass is 16.6. The first-order chi connectivity index (χ1) is 14.5. The molecule has 10 heteroatoms. The summed E-state index contributed by atoms with van der Waals surface area (Å²) in [5, 5.41) is 15.2. The summed E-state index contributed by atoms with van der Waals surface area (Å²) in [6.07, 6.45) is 1.38. The molecule has 0 spiro atoms. The van der Waals surface area contributed by atoms with Gasteiger partial charge in [0.05, 0.1) is 30.5 Å². The van der Waals surface area contributed by atoms with Crippen molar-refractivity contribution in [3.63, 3.8) is 0 Å². The van der Waals surface area contributed by atoms with Crippen LogP contribution in [0.5, 0.6) is 11.5 Å². The summed E-state index contributed by atoms with van der Waals surface area (Å²) in [4.78, 5) is 29.5. The van der Waals surface area contributed by atoms with Crippen molar-refractivity contribution in [2.45, 2.75) is 6.92 Å². The molecule has 0 radical (unpaired) electrons. The minimum atomic E-state index is -0.521. The van der Waals surface area contributed by atoms with Crippen molar-refractivity contribution < 1.29 is 14.4 Å². The van der Waals surface area contributed by atoms with E-state index < -0.39 is 4.92 Å². The Bertz CT molecular complexity index is 1130. The first kappa shape index (κ1) is 20.5. The molecular formula is C20H19N5O5. The van der Waals surface area contributed by atoms with Crippen molar-refractivity contribution in [2.75, 3.05) is 19.1 Å². The maximum absolute atomic E-state index is 12.0. The fraction of sp³-hybridized carbons (Fsp3) is 0.150. The summed E-state index contributed by atoms with van der Waals surface area (Å²) in [5.41, 5.74) is 3.78. The summed E-state index contributed by atoms with van der Waals surface area (Å²) < 4.78 is 10.4. The molecule has 2 N–H and O–H groups in total. The number of H-pyrrole nitrogens is 1.